The summed E-state index contributed by atoms with van der Waals surface area (Å²) in [7, 11) is 0. The minimum absolute atomic E-state index is 0.837. The van der Waals surface area contributed by atoms with Crippen LogP contribution in [0.3, 0.4) is 0 Å². The van der Waals surface area contributed by atoms with Crippen molar-refractivity contribution in [3.05, 3.63) is 59.2 Å². The lowest BCUT2D eigenvalue weighted by Gasteiger charge is -2.13. The van der Waals surface area contributed by atoms with Gasteiger partial charge in [0.25, 0.3) is 0 Å². The van der Waals surface area contributed by atoms with Gasteiger partial charge in [0.2, 0.25) is 0 Å². The summed E-state index contributed by atoms with van der Waals surface area (Å²) in [6.07, 6.45) is 1.06. The number of anilines is 2. The molecule has 2 nitrogen and oxygen atoms in total. The van der Waals surface area contributed by atoms with Gasteiger partial charge in [-0.25, -0.2) is 0 Å². The van der Waals surface area contributed by atoms with Crippen molar-refractivity contribution in [3.63, 3.8) is 0 Å². The van der Waals surface area contributed by atoms with E-state index in [0.29, 0.717) is 0 Å². The minimum atomic E-state index is 0.837. The van der Waals surface area contributed by atoms with Crippen LogP contribution in [-0.4, -0.2) is 0 Å². The number of benzene rings is 2. The molecule has 0 unspecified atom stereocenters. The van der Waals surface area contributed by atoms with Crippen molar-refractivity contribution in [3.8, 4) is 0 Å². The van der Waals surface area contributed by atoms with E-state index in [2.05, 4.69) is 42.6 Å². The van der Waals surface area contributed by atoms with Crippen LogP contribution in [0.4, 0.5) is 11.4 Å². The molecule has 2 heteroatoms. The van der Waals surface area contributed by atoms with Crippen molar-refractivity contribution in [2.75, 3.05) is 11.1 Å². The van der Waals surface area contributed by atoms with E-state index >= 15 is 0 Å². The highest BCUT2D eigenvalue weighted by molar-refractivity contribution is 5.62. The zero-order chi connectivity index (χ0) is 13.0. The Labute approximate surface area is 109 Å². The molecule has 2 rings (SSSR count). The normalized spacial score (nSPS) is 10.3. The maximum absolute atomic E-state index is 5.91. The van der Waals surface area contributed by atoms with Gasteiger partial charge in [-0.2, -0.15) is 0 Å². The lowest BCUT2D eigenvalue weighted by Crippen LogP contribution is -2.04. The zero-order valence-corrected chi connectivity index (χ0v) is 11.0. The van der Waals surface area contributed by atoms with Gasteiger partial charge in [-0.15, -0.1) is 0 Å². The van der Waals surface area contributed by atoms with Gasteiger partial charge in [-0.3, -0.25) is 0 Å². The Morgan fingerprint density at radius 2 is 1.72 bits per heavy atom. The van der Waals surface area contributed by atoms with Crippen molar-refractivity contribution >= 4 is 11.4 Å². The van der Waals surface area contributed by atoms with Crippen LogP contribution in [0.5, 0.6) is 0 Å². The number of hydrogen-bond donors (Lipinski definition) is 2. The highest BCUT2D eigenvalue weighted by Gasteiger charge is 2.03. The van der Waals surface area contributed by atoms with Gasteiger partial charge in [0.1, 0.15) is 0 Å². The average Bonchev–Trinajstić information content (AvgIpc) is 2.41. The molecule has 0 aliphatic carbocycles. The van der Waals surface area contributed by atoms with Crippen molar-refractivity contribution in [2.45, 2.75) is 26.8 Å². The predicted octanol–water partition coefficient (Wildman–Crippen LogP) is 3.75. The van der Waals surface area contributed by atoms with Gasteiger partial charge in [0, 0.05) is 17.9 Å². The van der Waals surface area contributed by atoms with Crippen LogP contribution in [-0.2, 0) is 13.0 Å². The summed E-state index contributed by atoms with van der Waals surface area (Å²) in [4.78, 5) is 0. The first-order valence-electron chi connectivity index (χ1n) is 6.38. The lowest BCUT2D eigenvalue weighted by atomic mass is 10.0. The van der Waals surface area contributed by atoms with Crippen LogP contribution in [0.25, 0.3) is 0 Å². The Hall–Kier alpha value is -1.96. The van der Waals surface area contributed by atoms with E-state index < -0.39 is 0 Å². The lowest BCUT2D eigenvalue weighted by molar-refractivity contribution is 1.04. The first-order valence-corrected chi connectivity index (χ1v) is 6.38. The molecule has 18 heavy (non-hydrogen) atoms. The van der Waals surface area contributed by atoms with Crippen LogP contribution < -0.4 is 11.1 Å². The van der Waals surface area contributed by atoms with Crippen LogP contribution in [0.15, 0.2) is 42.5 Å². The second-order valence-electron chi connectivity index (χ2n) is 4.50. The van der Waals surface area contributed by atoms with Gasteiger partial charge in [-0.1, -0.05) is 37.3 Å². The highest BCUT2D eigenvalue weighted by Crippen LogP contribution is 2.21. The van der Waals surface area contributed by atoms with Gasteiger partial charge in [-0.05, 0) is 42.2 Å². The van der Waals surface area contributed by atoms with E-state index in [1.807, 2.05) is 19.1 Å². The molecule has 0 amide bonds. The first-order chi connectivity index (χ1) is 8.72. The van der Waals surface area contributed by atoms with Crippen molar-refractivity contribution in [1.29, 1.82) is 0 Å². The second-order valence-corrected chi connectivity index (χ2v) is 4.50. The summed E-state index contributed by atoms with van der Waals surface area (Å²) in [5, 5.41) is 3.46. The molecule has 0 aliphatic rings. The van der Waals surface area contributed by atoms with Crippen molar-refractivity contribution < 1.29 is 0 Å². The number of nitrogens with one attached hydrogen (secondary N) is 1. The van der Waals surface area contributed by atoms with Crippen LogP contribution in [0.1, 0.15) is 23.6 Å². The molecule has 2 aromatic carbocycles. The standard InChI is InChI=1S/C16H20N2/c1-3-13-7-4-5-8-14(13)11-18-16-10-6-9-15(17)12(16)2/h4-10,18H,3,11,17H2,1-2H3. The molecular weight excluding hydrogens is 220 g/mol. The summed E-state index contributed by atoms with van der Waals surface area (Å²) in [5.41, 5.74) is 11.7. The molecule has 94 valence electrons. The molecule has 2 aromatic rings. The smallest absolute Gasteiger partial charge is 0.0403 e. The molecule has 0 saturated carbocycles. The third-order valence-corrected chi connectivity index (χ3v) is 3.34. The summed E-state index contributed by atoms with van der Waals surface area (Å²) in [6, 6.07) is 14.5. The maximum atomic E-state index is 5.91. The predicted molar refractivity (Wildman–Crippen MR) is 78.7 cm³/mol. The molecule has 0 saturated heterocycles. The van der Waals surface area contributed by atoms with Crippen molar-refractivity contribution in [1.82, 2.24) is 0 Å². The largest absolute Gasteiger partial charge is 0.398 e. The Morgan fingerprint density at radius 1 is 1.00 bits per heavy atom. The van der Waals surface area contributed by atoms with E-state index in [1.165, 1.54) is 11.1 Å². The third kappa shape index (κ3) is 2.65. The molecule has 0 radical (unpaired) electrons. The SMILES string of the molecule is CCc1ccccc1CNc1cccc(N)c1C. The molecule has 0 fully saturated rings. The highest BCUT2D eigenvalue weighted by atomic mass is 14.9. The summed E-state index contributed by atoms with van der Waals surface area (Å²) in [5.74, 6) is 0. The van der Waals surface area contributed by atoms with E-state index in [4.69, 9.17) is 5.73 Å². The fourth-order valence-corrected chi connectivity index (χ4v) is 2.11. The van der Waals surface area contributed by atoms with Gasteiger partial charge in [0.15, 0.2) is 0 Å². The Kier molecular flexibility index (Phi) is 3.88. The van der Waals surface area contributed by atoms with Gasteiger partial charge in [0.05, 0.1) is 0 Å². The third-order valence-electron chi connectivity index (χ3n) is 3.34. The number of nitrogens with two attached hydrogens (primary N) is 1. The van der Waals surface area contributed by atoms with E-state index in [9.17, 15) is 0 Å². The number of rotatable bonds is 4. The minimum Gasteiger partial charge on any atom is -0.398 e. The molecule has 0 aliphatic heterocycles. The zero-order valence-electron chi connectivity index (χ0n) is 11.0. The first kappa shape index (κ1) is 12.5. The summed E-state index contributed by atoms with van der Waals surface area (Å²) < 4.78 is 0. The number of aryl methyl sites for hydroxylation is 1. The summed E-state index contributed by atoms with van der Waals surface area (Å²) in [6.45, 7) is 5.07. The van der Waals surface area contributed by atoms with Crippen LogP contribution >= 0.6 is 0 Å². The van der Waals surface area contributed by atoms with E-state index in [1.54, 1.807) is 0 Å². The molecule has 0 bridgehead atoms. The van der Waals surface area contributed by atoms with Gasteiger partial charge < -0.3 is 11.1 Å². The van der Waals surface area contributed by atoms with E-state index in [0.717, 1.165) is 29.9 Å². The number of nitrogen functional groups attached to an aromatic ring is 1. The molecule has 0 heterocycles. The maximum Gasteiger partial charge on any atom is 0.0403 e. The monoisotopic (exact) mass is 240 g/mol. The van der Waals surface area contributed by atoms with Crippen LogP contribution in [0, 0.1) is 6.92 Å². The molecule has 3 N–H and O–H groups in total. The summed E-state index contributed by atoms with van der Waals surface area (Å²) >= 11 is 0. The Balaban J connectivity index is 2.14. The fourth-order valence-electron chi connectivity index (χ4n) is 2.11. The second kappa shape index (κ2) is 5.58. The quantitative estimate of drug-likeness (QED) is 0.799. The van der Waals surface area contributed by atoms with Crippen LogP contribution in [0.2, 0.25) is 0 Å². The van der Waals surface area contributed by atoms with Gasteiger partial charge >= 0.3 is 0 Å². The molecular formula is C16H20N2. The molecule has 0 aromatic heterocycles. The fraction of sp³-hybridized carbons (Fsp3) is 0.250. The van der Waals surface area contributed by atoms with Crippen molar-refractivity contribution in [2.24, 2.45) is 0 Å². The Morgan fingerprint density at radius 3 is 2.44 bits per heavy atom. The molecule has 0 spiro atoms. The number of hydrogen-bond acceptors (Lipinski definition) is 2. The molecule has 0 atom stereocenters. The van der Waals surface area contributed by atoms with E-state index in [-0.39, 0.29) is 0 Å². The topological polar surface area (TPSA) is 38.0 Å². The average molecular weight is 240 g/mol. The Bertz CT molecular complexity index is 532.